The first-order chi connectivity index (χ1) is 5.55. The second kappa shape index (κ2) is 2.02. The van der Waals surface area contributed by atoms with Crippen LogP contribution in [0.4, 0.5) is 0 Å². The molecule has 3 heteroatoms. The number of rotatable bonds is 2. The van der Waals surface area contributed by atoms with Crippen LogP contribution < -0.4 is 5.73 Å². The third kappa shape index (κ3) is 0.678. The molecule has 0 aliphatic heterocycles. The van der Waals surface area contributed by atoms with E-state index in [4.69, 9.17) is 10.5 Å². The summed E-state index contributed by atoms with van der Waals surface area (Å²) in [6, 6.07) is 0.226. The molecule has 0 saturated heterocycles. The fraction of sp³-hybridized carbons (Fsp3) is 0.889. The van der Waals surface area contributed by atoms with Crippen molar-refractivity contribution >= 4 is 5.97 Å². The monoisotopic (exact) mass is 169 g/mol. The molecule has 68 valence electrons. The number of esters is 1. The average Bonchev–Trinajstić information content (AvgIpc) is 1.80. The molecule has 12 heavy (non-hydrogen) atoms. The van der Waals surface area contributed by atoms with Crippen molar-refractivity contribution in [3.8, 4) is 0 Å². The van der Waals surface area contributed by atoms with Gasteiger partial charge in [-0.15, -0.1) is 0 Å². The normalized spacial score (nSPS) is 45.6. The Morgan fingerprint density at radius 2 is 2.00 bits per heavy atom. The van der Waals surface area contributed by atoms with E-state index < -0.39 is 0 Å². The Hall–Kier alpha value is -0.570. The first-order valence-corrected chi connectivity index (χ1v) is 4.39. The molecule has 3 rings (SSSR count). The van der Waals surface area contributed by atoms with E-state index >= 15 is 0 Å². The second-order valence-electron chi connectivity index (χ2n) is 4.45. The van der Waals surface area contributed by atoms with Gasteiger partial charge in [-0.25, -0.2) is 0 Å². The molecule has 3 nitrogen and oxygen atoms in total. The number of carbonyl (C=O) groups is 1. The third-order valence-electron chi connectivity index (χ3n) is 3.66. The summed E-state index contributed by atoms with van der Waals surface area (Å²) in [5.41, 5.74) is 5.98. The van der Waals surface area contributed by atoms with Crippen molar-refractivity contribution < 1.29 is 9.53 Å². The fourth-order valence-electron chi connectivity index (χ4n) is 2.78. The predicted molar refractivity (Wildman–Crippen MR) is 44.4 cm³/mol. The second-order valence-corrected chi connectivity index (χ2v) is 4.45. The zero-order chi connectivity index (χ0) is 8.98. The summed E-state index contributed by atoms with van der Waals surface area (Å²) in [4.78, 5) is 11.3. The summed E-state index contributed by atoms with van der Waals surface area (Å²) in [7, 11) is 1.46. The summed E-state index contributed by atoms with van der Waals surface area (Å²) in [5, 5.41) is 0. The third-order valence-corrected chi connectivity index (χ3v) is 3.66. The molecule has 2 N–H and O–H groups in total. The fourth-order valence-corrected chi connectivity index (χ4v) is 2.78. The van der Waals surface area contributed by atoms with Crippen LogP contribution in [0.5, 0.6) is 0 Å². The van der Waals surface area contributed by atoms with Gasteiger partial charge in [0.25, 0.3) is 0 Å². The summed E-state index contributed by atoms with van der Waals surface area (Å²) in [6.45, 7) is 2.03. The van der Waals surface area contributed by atoms with Crippen LogP contribution in [0.2, 0.25) is 0 Å². The van der Waals surface area contributed by atoms with Crippen molar-refractivity contribution in [2.45, 2.75) is 32.2 Å². The van der Waals surface area contributed by atoms with Gasteiger partial charge in [0, 0.05) is 6.04 Å². The Bertz CT molecular complexity index is 215. The van der Waals surface area contributed by atoms with Crippen LogP contribution >= 0.6 is 0 Å². The predicted octanol–water partition coefficient (Wildman–Crippen LogP) is 0.677. The molecule has 3 saturated carbocycles. The lowest BCUT2D eigenvalue weighted by Gasteiger charge is -2.70. The minimum absolute atomic E-state index is 0.0370. The van der Waals surface area contributed by atoms with Crippen molar-refractivity contribution in [1.82, 2.24) is 0 Å². The van der Waals surface area contributed by atoms with Gasteiger partial charge in [-0.3, -0.25) is 4.79 Å². The molecule has 1 atom stereocenters. The Balaban J connectivity index is 2.00. The van der Waals surface area contributed by atoms with Crippen molar-refractivity contribution in [2.75, 3.05) is 7.11 Å². The maximum Gasteiger partial charge on any atom is 0.311 e. The highest BCUT2D eigenvalue weighted by Crippen LogP contribution is 2.74. The molecule has 2 bridgehead atoms. The smallest absolute Gasteiger partial charge is 0.311 e. The van der Waals surface area contributed by atoms with E-state index in [0.29, 0.717) is 0 Å². The van der Waals surface area contributed by atoms with Gasteiger partial charge >= 0.3 is 5.97 Å². The Morgan fingerprint density at radius 3 is 2.33 bits per heavy atom. The lowest BCUT2D eigenvalue weighted by Crippen LogP contribution is -2.70. The minimum atomic E-state index is -0.123. The number of hydrogen-bond acceptors (Lipinski definition) is 3. The zero-order valence-corrected chi connectivity index (χ0v) is 7.59. The highest BCUT2D eigenvalue weighted by Gasteiger charge is 2.73. The van der Waals surface area contributed by atoms with E-state index in [2.05, 4.69) is 0 Å². The summed E-state index contributed by atoms with van der Waals surface area (Å²) in [6.07, 6.45) is 2.85. The number of hydrogen-bond donors (Lipinski definition) is 1. The molecule has 0 aromatic heterocycles. The quantitative estimate of drug-likeness (QED) is 0.618. The maximum atomic E-state index is 11.3. The Morgan fingerprint density at radius 1 is 1.50 bits per heavy atom. The van der Waals surface area contributed by atoms with E-state index in [1.807, 2.05) is 6.92 Å². The average molecular weight is 169 g/mol. The van der Waals surface area contributed by atoms with Gasteiger partial charge in [-0.2, -0.15) is 0 Å². The first-order valence-electron chi connectivity index (χ1n) is 4.39. The molecule has 0 unspecified atom stereocenters. The standard InChI is InChI=1S/C9H15NO2/c1-6(10)8-3-9(4-8,5-8)7(11)12-2/h6H,3-5,10H2,1-2H3/t6-,8?,9?/m0/s1. The number of methoxy groups -OCH3 is 1. The largest absolute Gasteiger partial charge is 0.469 e. The number of carbonyl (C=O) groups excluding carboxylic acids is 1. The van der Waals surface area contributed by atoms with Gasteiger partial charge in [0.1, 0.15) is 0 Å². The molecule has 0 spiro atoms. The molecule has 3 aliphatic carbocycles. The zero-order valence-electron chi connectivity index (χ0n) is 7.59. The van der Waals surface area contributed by atoms with Crippen molar-refractivity contribution in [3.63, 3.8) is 0 Å². The molecule has 0 aromatic carbocycles. The Labute approximate surface area is 72.3 Å². The van der Waals surface area contributed by atoms with Crippen LogP contribution in [0, 0.1) is 10.8 Å². The van der Waals surface area contributed by atoms with Gasteiger partial charge in [-0.05, 0) is 31.6 Å². The van der Waals surface area contributed by atoms with Crippen LogP contribution in [0.15, 0.2) is 0 Å². The molecular weight excluding hydrogens is 154 g/mol. The van der Waals surface area contributed by atoms with Crippen molar-refractivity contribution in [3.05, 3.63) is 0 Å². The van der Waals surface area contributed by atoms with E-state index in [1.54, 1.807) is 0 Å². The van der Waals surface area contributed by atoms with Crippen LogP contribution in [0.1, 0.15) is 26.2 Å². The van der Waals surface area contributed by atoms with Crippen molar-refractivity contribution in [2.24, 2.45) is 16.6 Å². The van der Waals surface area contributed by atoms with E-state index in [9.17, 15) is 4.79 Å². The SMILES string of the molecule is COC(=O)C12CC([C@H](C)N)(C1)C2. The van der Waals surface area contributed by atoms with E-state index in [-0.39, 0.29) is 22.8 Å². The summed E-state index contributed by atoms with van der Waals surface area (Å²) in [5.74, 6) is -0.0370. The van der Waals surface area contributed by atoms with Gasteiger partial charge in [0.05, 0.1) is 12.5 Å². The van der Waals surface area contributed by atoms with Gasteiger partial charge in [-0.1, -0.05) is 0 Å². The minimum Gasteiger partial charge on any atom is -0.469 e. The maximum absolute atomic E-state index is 11.3. The first kappa shape index (κ1) is 8.05. The molecule has 0 heterocycles. The molecule has 3 aliphatic rings. The topological polar surface area (TPSA) is 52.3 Å². The Kier molecular flexibility index (Phi) is 1.35. The molecule has 0 amide bonds. The van der Waals surface area contributed by atoms with E-state index in [0.717, 1.165) is 19.3 Å². The van der Waals surface area contributed by atoms with Crippen molar-refractivity contribution in [1.29, 1.82) is 0 Å². The molecular formula is C9H15NO2. The van der Waals surface area contributed by atoms with E-state index in [1.165, 1.54) is 7.11 Å². The highest BCUT2D eigenvalue weighted by atomic mass is 16.5. The lowest BCUT2D eigenvalue weighted by molar-refractivity contribution is -0.230. The van der Waals surface area contributed by atoms with Crippen LogP contribution in [0.3, 0.4) is 0 Å². The number of nitrogens with two attached hydrogens (primary N) is 1. The highest BCUT2D eigenvalue weighted by molar-refractivity contribution is 5.81. The molecule has 0 aromatic rings. The van der Waals surface area contributed by atoms with Crippen LogP contribution in [-0.4, -0.2) is 19.1 Å². The lowest BCUT2D eigenvalue weighted by atomic mass is 9.33. The molecule has 3 fully saturated rings. The molecule has 0 radical (unpaired) electrons. The summed E-state index contributed by atoms with van der Waals surface area (Å²) >= 11 is 0. The van der Waals surface area contributed by atoms with Gasteiger partial charge in [0.2, 0.25) is 0 Å². The van der Waals surface area contributed by atoms with Gasteiger partial charge in [0.15, 0.2) is 0 Å². The van der Waals surface area contributed by atoms with Crippen LogP contribution in [0.25, 0.3) is 0 Å². The summed E-state index contributed by atoms with van der Waals surface area (Å²) < 4.78 is 4.74. The van der Waals surface area contributed by atoms with Gasteiger partial charge < -0.3 is 10.5 Å². The van der Waals surface area contributed by atoms with Crippen LogP contribution in [-0.2, 0) is 9.53 Å². The number of ether oxygens (including phenoxy) is 1.